The Morgan fingerprint density at radius 3 is 2.68 bits per heavy atom. The van der Waals surface area contributed by atoms with Gasteiger partial charge in [-0.05, 0) is 72.9 Å². The van der Waals surface area contributed by atoms with Crippen molar-refractivity contribution < 1.29 is 13.9 Å². The Hall–Kier alpha value is -3.59. The zero-order valence-corrected chi connectivity index (χ0v) is 22.2. The summed E-state index contributed by atoms with van der Waals surface area (Å²) in [5.41, 5.74) is 2.80. The van der Waals surface area contributed by atoms with Crippen molar-refractivity contribution in [3.05, 3.63) is 94.4 Å². The first-order chi connectivity index (χ1) is 17.9. The monoisotopic (exact) mass is 552 g/mol. The maximum absolute atomic E-state index is 11.8. The number of ether oxygens (including phenoxy) is 1. The van der Waals surface area contributed by atoms with E-state index >= 15 is 0 Å². The number of carbonyl (C=O) groups is 1. The van der Waals surface area contributed by atoms with Gasteiger partial charge in [-0.3, -0.25) is 9.78 Å². The number of furan rings is 1. The summed E-state index contributed by atoms with van der Waals surface area (Å²) in [7, 11) is 1.55. The van der Waals surface area contributed by atoms with Crippen LogP contribution in [0.4, 0.5) is 11.4 Å². The van der Waals surface area contributed by atoms with Crippen LogP contribution in [0.15, 0.2) is 77.3 Å². The van der Waals surface area contributed by atoms with E-state index in [2.05, 4.69) is 15.6 Å². The Balaban J connectivity index is 1.61. The molecule has 188 valence electrons. The number of rotatable bonds is 6. The Morgan fingerprint density at radius 2 is 1.97 bits per heavy atom. The summed E-state index contributed by atoms with van der Waals surface area (Å²) in [6.45, 7) is 1.44. The average molecular weight is 553 g/mol. The number of hydrogen-bond donors (Lipinski definition) is 2. The van der Waals surface area contributed by atoms with Gasteiger partial charge in [0.2, 0.25) is 5.91 Å². The van der Waals surface area contributed by atoms with Crippen LogP contribution in [0.3, 0.4) is 0 Å². The lowest BCUT2D eigenvalue weighted by Gasteiger charge is -2.27. The summed E-state index contributed by atoms with van der Waals surface area (Å²) in [6, 6.07) is 19.6. The second-order valence-electron chi connectivity index (χ2n) is 8.39. The van der Waals surface area contributed by atoms with E-state index < -0.39 is 0 Å². The number of benzene rings is 2. The molecule has 0 aliphatic carbocycles. The molecule has 0 bridgehead atoms. The molecule has 1 amide bonds. The van der Waals surface area contributed by atoms with Crippen LogP contribution in [0.2, 0.25) is 10.0 Å². The van der Waals surface area contributed by atoms with Crippen molar-refractivity contribution in [2.75, 3.05) is 17.3 Å². The lowest BCUT2D eigenvalue weighted by Crippen LogP contribution is -2.29. The van der Waals surface area contributed by atoms with Gasteiger partial charge in [-0.25, -0.2) is 0 Å². The molecule has 7 nitrogen and oxygen atoms in total. The van der Waals surface area contributed by atoms with Gasteiger partial charge in [0, 0.05) is 29.4 Å². The highest BCUT2D eigenvalue weighted by Crippen LogP contribution is 2.44. The quantitative estimate of drug-likeness (QED) is 0.255. The van der Waals surface area contributed by atoms with Crippen molar-refractivity contribution in [1.29, 1.82) is 0 Å². The van der Waals surface area contributed by atoms with Crippen molar-refractivity contribution in [2.24, 2.45) is 0 Å². The number of anilines is 2. The van der Waals surface area contributed by atoms with Gasteiger partial charge >= 0.3 is 0 Å². The third kappa shape index (κ3) is 5.00. The third-order valence-electron chi connectivity index (χ3n) is 5.98. The highest BCUT2D eigenvalue weighted by molar-refractivity contribution is 7.80. The number of amides is 1. The van der Waals surface area contributed by atoms with E-state index in [1.165, 1.54) is 6.92 Å². The van der Waals surface area contributed by atoms with Crippen molar-refractivity contribution in [3.8, 4) is 17.1 Å². The van der Waals surface area contributed by atoms with E-state index in [9.17, 15) is 4.79 Å². The summed E-state index contributed by atoms with van der Waals surface area (Å²) in [5.74, 6) is 1.58. The van der Waals surface area contributed by atoms with Gasteiger partial charge in [-0.1, -0.05) is 29.3 Å². The molecule has 0 unspecified atom stereocenters. The largest absolute Gasteiger partial charge is 0.495 e. The summed E-state index contributed by atoms with van der Waals surface area (Å²) in [5, 5.41) is 7.74. The fourth-order valence-corrected chi connectivity index (χ4v) is 5.25. The van der Waals surface area contributed by atoms with E-state index in [4.69, 9.17) is 44.6 Å². The zero-order valence-electron chi connectivity index (χ0n) is 19.9. The van der Waals surface area contributed by atoms with Gasteiger partial charge in [0.05, 0.1) is 29.6 Å². The maximum Gasteiger partial charge on any atom is 0.221 e. The molecule has 0 spiro atoms. The van der Waals surface area contributed by atoms with Crippen LogP contribution in [0.1, 0.15) is 30.5 Å². The van der Waals surface area contributed by atoms with Crippen molar-refractivity contribution in [3.63, 3.8) is 0 Å². The minimum Gasteiger partial charge on any atom is -0.495 e. The molecule has 1 aliphatic heterocycles. The first kappa shape index (κ1) is 25.1. The number of halogens is 2. The Morgan fingerprint density at radius 1 is 1.14 bits per heavy atom. The second kappa shape index (κ2) is 10.4. The topological polar surface area (TPSA) is 79.6 Å². The predicted molar refractivity (Wildman–Crippen MR) is 149 cm³/mol. The fraction of sp³-hybridized carbons (Fsp3) is 0.148. The highest BCUT2D eigenvalue weighted by atomic mass is 35.5. The van der Waals surface area contributed by atoms with Crippen LogP contribution in [0, 0.1) is 0 Å². The first-order valence-electron chi connectivity index (χ1n) is 11.4. The number of pyridine rings is 1. The molecule has 2 N–H and O–H groups in total. The molecule has 0 saturated carbocycles. The van der Waals surface area contributed by atoms with Gasteiger partial charge < -0.3 is 24.7 Å². The van der Waals surface area contributed by atoms with Gasteiger partial charge in [0.25, 0.3) is 0 Å². The second-order valence-corrected chi connectivity index (χ2v) is 9.62. The molecule has 2 aromatic heterocycles. The fourth-order valence-electron chi connectivity index (χ4n) is 4.40. The van der Waals surface area contributed by atoms with Crippen LogP contribution in [0.25, 0.3) is 11.3 Å². The Kier molecular flexibility index (Phi) is 7.06. The number of nitrogens with zero attached hydrogens (tertiary/aromatic N) is 2. The van der Waals surface area contributed by atoms with Crippen LogP contribution in [-0.2, 0) is 4.79 Å². The van der Waals surface area contributed by atoms with E-state index in [1.807, 2.05) is 53.4 Å². The van der Waals surface area contributed by atoms with Crippen LogP contribution < -0.4 is 20.3 Å². The van der Waals surface area contributed by atoms with E-state index in [0.29, 0.717) is 38.1 Å². The average Bonchev–Trinajstić information content (AvgIpc) is 3.48. The lowest BCUT2D eigenvalue weighted by molar-refractivity contribution is -0.114. The molecule has 5 rings (SSSR count). The number of nitrogens with one attached hydrogen (secondary N) is 2. The normalized spacial score (nSPS) is 17.0. The molecule has 2 aromatic carbocycles. The first-order valence-corrected chi connectivity index (χ1v) is 12.5. The predicted octanol–water partition coefficient (Wildman–Crippen LogP) is 6.79. The number of carbonyl (C=O) groups excluding carboxylic acids is 1. The van der Waals surface area contributed by atoms with E-state index in [0.717, 1.165) is 16.9 Å². The smallest absolute Gasteiger partial charge is 0.221 e. The molecule has 0 radical (unpaired) electrons. The molecule has 37 heavy (non-hydrogen) atoms. The third-order valence-corrected chi connectivity index (χ3v) is 6.85. The Bertz CT molecular complexity index is 1480. The van der Waals surface area contributed by atoms with Crippen molar-refractivity contribution in [2.45, 2.75) is 19.0 Å². The lowest BCUT2D eigenvalue weighted by atomic mass is 10.0. The molecule has 1 fully saturated rings. The summed E-state index contributed by atoms with van der Waals surface area (Å²) in [6.07, 6.45) is 1.74. The summed E-state index contributed by atoms with van der Waals surface area (Å²) >= 11 is 18.3. The van der Waals surface area contributed by atoms with Crippen molar-refractivity contribution in [1.82, 2.24) is 10.3 Å². The molecule has 3 heterocycles. The molecule has 10 heteroatoms. The molecule has 2 atom stereocenters. The maximum atomic E-state index is 11.8. The van der Waals surface area contributed by atoms with Gasteiger partial charge in [0.15, 0.2) is 5.11 Å². The number of hydrogen-bond acceptors (Lipinski definition) is 5. The molecule has 1 saturated heterocycles. The SMILES string of the molecule is COc1ccc(N2C(=S)N[C@@H](c3ccccn3)[C@H]2c2ccc(-c3ccc(Cl)cc3Cl)o2)cc1NC(C)=O. The van der Waals surface area contributed by atoms with Gasteiger partial charge in [-0.15, -0.1) is 0 Å². The van der Waals surface area contributed by atoms with Crippen LogP contribution in [0.5, 0.6) is 5.75 Å². The number of methoxy groups -OCH3 is 1. The summed E-state index contributed by atoms with van der Waals surface area (Å²) in [4.78, 5) is 18.3. The molecular formula is C27H22Cl2N4O3S. The van der Waals surface area contributed by atoms with E-state index in [1.54, 1.807) is 31.5 Å². The standard InChI is InChI=1S/C27H22Cl2N4O3S/c1-15(34)31-21-14-17(7-9-23(21)35-2)33-26(25(32-27(33)37)20-5-3-4-12-30-20)24-11-10-22(36-24)18-8-6-16(28)13-19(18)29/h3-14,25-26H,1-2H3,(H,31,34)(H,32,37)/t25-,26+/m0/s1. The minimum atomic E-state index is -0.388. The highest BCUT2D eigenvalue weighted by Gasteiger charge is 2.42. The van der Waals surface area contributed by atoms with Crippen LogP contribution in [-0.4, -0.2) is 23.1 Å². The van der Waals surface area contributed by atoms with Gasteiger partial charge in [-0.2, -0.15) is 0 Å². The molecule has 1 aliphatic rings. The minimum absolute atomic E-state index is 0.212. The van der Waals surface area contributed by atoms with Crippen molar-refractivity contribution >= 4 is 57.8 Å². The van der Waals surface area contributed by atoms with E-state index in [-0.39, 0.29) is 18.0 Å². The van der Waals surface area contributed by atoms with Crippen LogP contribution >= 0.6 is 35.4 Å². The Labute approximate surface area is 229 Å². The zero-order chi connectivity index (χ0) is 26.1. The van der Waals surface area contributed by atoms with Gasteiger partial charge in [0.1, 0.15) is 23.3 Å². The molecular weight excluding hydrogens is 531 g/mol. The number of thiocarbonyl (C=S) groups is 1. The molecule has 4 aromatic rings. The number of aromatic nitrogens is 1. The summed E-state index contributed by atoms with van der Waals surface area (Å²) < 4.78 is 11.8.